The van der Waals surface area contributed by atoms with Crippen molar-refractivity contribution in [3.63, 3.8) is 0 Å². The second-order valence-corrected chi connectivity index (χ2v) is 6.56. The van der Waals surface area contributed by atoms with E-state index < -0.39 is 0 Å². The second-order valence-electron chi connectivity index (χ2n) is 6.56. The lowest BCUT2D eigenvalue weighted by atomic mass is 9.90. The van der Waals surface area contributed by atoms with Gasteiger partial charge in [0, 0.05) is 44.9 Å². The maximum Gasteiger partial charge on any atom is 0.230 e. The quantitative estimate of drug-likeness (QED) is 0.866. The third-order valence-corrected chi connectivity index (χ3v) is 5.01. The molecule has 24 heavy (non-hydrogen) atoms. The van der Waals surface area contributed by atoms with Crippen molar-refractivity contribution >= 4 is 24.1 Å². The molecule has 2 aromatic heterocycles. The molecule has 1 aliphatic heterocycles. The first-order valence-electron chi connectivity index (χ1n) is 8.18. The van der Waals surface area contributed by atoms with Gasteiger partial charge in [-0.1, -0.05) is 0 Å². The van der Waals surface area contributed by atoms with Crippen LogP contribution in [0.3, 0.4) is 0 Å². The Balaban J connectivity index is 0.00000169. The van der Waals surface area contributed by atoms with Crippen LogP contribution in [0.15, 0.2) is 12.4 Å². The third-order valence-electron chi connectivity index (χ3n) is 5.01. The molecule has 1 fully saturated rings. The van der Waals surface area contributed by atoms with E-state index >= 15 is 0 Å². The number of aromatic nitrogens is 4. The fraction of sp³-hybridized carbons (Fsp3) is 0.562. The topological polar surface area (TPSA) is 76.8 Å². The van der Waals surface area contributed by atoms with Gasteiger partial charge in [-0.25, -0.2) is 0 Å². The SMILES string of the molecule is Cl.Cn1cc([C@H]2CNC[C@@H]2C(=O)Nc2c3c(nn2C)CCC3)cn1. The minimum Gasteiger partial charge on any atom is -0.315 e. The number of halogens is 1. The molecule has 2 aromatic rings. The molecule has 7 nitrogen and oxygen atoms in total. The van der Waals surface area contributed by atoms with Crippen molar-refractivity contribution in [2.45, 2.75) is 25.2 Å². The molecule has 0 unspecified atom stereocenters. The molecule has 3 heterocycles. The first-order chi connectivity index (χ1) is 11.1. The number of carbonyl (C=O) groups excluding carboxylic acids is 1. The maximum atomic E-state index is 12.8. The van der Waals surface area contributed by atoms with E-state index in [1.807, 2.05) is 31.2 Å². The number of rotatable bonds is 3. The summed E-state index contributed by atoms with van der Waals surface area (Å²) in [7, 11) is 3.80. The molecule has 1 amide bonds. The highest BCUT2D eigenvalue weighted by molar-refractivity contribution is 5.93. The van der Waals surface area contributed by atoms with Gasteiger partial charge in [-0.2, -0.15) is 10.2 Å². The Morgan fingerprint density at radius 3 is 2.92 bits per heavy atom. The summed E-state index contributed by atoms with van der Waals surface area (Å²) in [5.41, 5.74) is 3.47. The van der Waals surface area contributed by atoms with Crippen LogP contribution >= 0.6 is 12.4 Å². The monoisotopic (exact) mass is 350 g/mol. The molecule has 0 spiro atoms. The average molecular weight is 351 g/mol. The van der Waals surface area contributed by atoms with E-state index in [1.165, 1.54) is 5.56 Å². The summed E-state index contributed by atoms with van der Waals surface area (Å²) >= 11 is 0. The van der Waals surface area contributed by atoms with Crippen LogP contribution in [0.1, 0.15) is 29.2 Å². The van der Waals surface area contributed by atoms with Gasteiger partial charge < -0.3 is 10.6 Å². The summed E-state index contributed by atoms with van der Waals surface area (Å²) in [5.74, 6) is 1.04. The predicted octanol–water partition coefficient (Wildman–Crippen LogP) is 1.01. The van der Waals surface area contributed by atoms with Crippen LogP contribution in [0.25, 0.3) is 0 Å². The molecular weight excluding hydrogens is 328 g/mol. The van der Waals surface area contributed by atoms with Crippen LogP contribution in [0.5, 0.6) is 0 Å². The van der Waals surface area contributed by atoms with Crippen LogP contribution in [-0.4, -0.2) is 38.6 Å². The molecule has 2 aliphatic rings. The van der Waals surface area contributed by atoms with Crippen molar-refractivity contribution in [3.8, 4) is 0 Å². The first-order valence-corrected chi connectivity index (χ1v) is 8.18. The van der Waals surface area contributed by atoms with Gasteiger partial charge in [-0.15, -0.1) is 12.4 Å². The van der Waals surface area contributed by atoms with Gasteiger partial charge in [0.25, 0.3) is 0 Å². The van der Waals surface area contributed by atoms with Gasteiger partial charge in [0.2, 0.25) is 5.91 Å². The Hall–Kier alpha value is -1.86. The number of nitrogens with zero attached hydrogens (tertiary/aromatic N) is 4. The first kappa shape index (κ1) is 17.0. The van der Waals surface area contributed by atoms with Crippen LogP contribution in [-0.2, 0) is 31.7 Å². The highest BCUT2D eigenvalue weighted by Crippen LogP contribution is 2.31. The molecule has 0 saturated carbocycles. The molecule has 130 valence electrons. The molecule has 2 N–H and O–H groups in total. The number of hydrogen-bond donors (Lipinski definition) is 2. The Morgan fingerprint density at radius 1 is 1.33 bits per heavy atom. The lowest BCUT2D eigenvalue weighted by molar-refractivity contribution is -0.119. The maximum absolute atomic E-state index is 12.8. The highest BCUT2D eigenvalue weighted by Gasteiger charge is 2.35. The summed E-state index contributed by atoms with van der Waals surface area (Å²) in [6.45, 7) is 1.51. The number of hydrogen-bond acceptors (Lipinski definition) is 4. The summed E-state index contributed by atoms with van der Waals surface area (Å²) in [6.07, 6.45) is 7.01. The van der Waals surface area contributed by atoms with E-state index in [0.717, 1.165) is 42.9 Å². The minimum atomic E-state index is -0.0776. The summed E-state index contributed by atoms with van der Waals surface area (Å²) < 4.78 is 3.60. The van der Waals surface area contributed by atoms with Crippen LogP contribution in [0.4, 0.5) is 5.82 Å². The van der Waals surface area contributed by atoms with E-state index in [1.54, 1.807) is 4.68 Å². The second kappa shape index (κ2) is 6.57. The van der Waals surface area contributed by atoms with Crippen LogP contribution in [0.2, 0.25) is 0 Å². The zero-order valence-corrected chi connectivity index (χ0v) is 14.8. The van der Waals surface area contributed by atoms with E-state index in [4.69, 9.17) is 0 Å². The zero-order valence-electron chi connectivity index (χ0n) is 14.0. The number of anilines is 1. The summed E-state index contributed by atoms with van der Waals surface area (Å²) in [4.78, 5) is 12.8. The van der Waals surface area contributed by atoms with Crippen molar-refractivity contribution in [1.82, 2.24) is 24.9 Å². The standard InChI is InChI=1S/C16H22N6O.ClH/c1-21-9-10(6-18-21)12-7-17-8-13(12)16(23)19-15-11-4-3-5-14(11)20-22(15)2;/h6,9,12-13,17H,3-5,7-8H2,1-2H3,(H,19,23);1H/t12-,13+;/m1./s1. The third kappa shape index (κ3) is 2.82. The van der Waals surface area contributed by atoms with Gasteiger partial charge in [-0.3, -0.25) is 14.2 Å². The number of nitrogens with one attached hydrogen (secondary N) is 2. The predicted molar refractivity (Wildman–Crippen MR) is 93.4 cm³/mol. The molecule has 4 rings (SSSR count). The Kier molecular flexibility index (Phi) is 4.64. The molecule has 1 aliphatic carbocycles. The molecule has 0 bridgehead atoms. The molecule has 0 radical (unpaired) electrons. The lowest BCUT2D eigenvalue weighted by Gasteiger charge is -2.17. The molecular formula is C16H23ClN6O. The van der Waals surface area contributed by atoms with Gasteiger partial charge in [0.05, 0.1) is 17.8 Å². The van der Waals surface area contributed by atoms with Crippen molar-refractivity contribution in [3.05, 3.63) is 29.2 Å². The summed E-state index contributed by atoms with van der Waals surface area (Å²) in [6, 6.07) is 0. The molecule has 2 atom stereocenters. The largest absolute Gasteiger partial charge is 0.315 e. The van der Waals surface area contributed by atoms with Gasteiger partial charge in [-0.05, 0) is 24.8 Å². The fourth-order valence-corrected chi connectivity index (χ4v) is 3.82. The van der Waals surface area contributed by atoms with E-state index in [2.05, 4.69) is 20.8 Å². The fourth-order valence-electron chi connectivity index (χ4n) is 3.82. The van der Waals surface area contributed by atoms with Gasteiger partial charge in [0.1, 0.15) is 5.82 Å². The van der Waals surface area contributed by atoms with Crippen LogP contribution in [0, 0.1) is 5.92 Å². The Bertz CT molecular complexity index is 752. The van der Waals surface area contributed by atoms with E-state index in [0.29, 0.717) is 6.54 Å². The molecule has 8 heteroatoms. The average Bonchev–Trinajstić information content (AvgIpc) is 3.25. The Morgan fingerprint density at radius 2 is 2.17 bits per heavy atom. The zero-order chi connectivity index (χ0) is 16.0. The Labute approximate surface area is 147 Å². The normalized spacial score (nSPS) is 22.2. The van der Waals surface area contributed by atoms with Gasteiger partial charge in [0.15, 0.2) is 0 Å². The number of fused-ring (bicyclic) bond motifs is 1. The minimum absolute atomic E-state index is 0. The number of carbonyl (C=O) groups is 1. The molecule has 0 aromatic carbocycles. The van der Waals surface area contributed by atoms with E-state index in [-0.39, 0.29) is 30.2 Å². The van der Waals surface area contributed by atoms with E-state index in [9.17, 15) is 4.79 Å². The number of aryl methyl sites for hydroxylation is 3. The lowest BCUT2D eigenvalue weighted by Crippen LogP contribution is -2.29. The van der Waals surface area contributed by atoms with Crippen molar-refractivity contribution in [1.29, 1.82) is 0 Å². The molecule has 1 saturated heterocycles. The highest BCUT2D eigenvalue weighted by atomic mass is 35.5. The summed E-state index contributed by atoms with van der Waals surface area (Å²) in [5, 5.41) is 15.2. The van der Waals surface area contributed by atoms with Crippen molar-refractivity contribution in [2.75, 3.05) is 18.4 Å². The van der Waals surface area contributed by atoms with Crippen molar-refractivity contribution < 1.29 is 4.79 Å². The smallest absolute Gasteiger partial charge is 0.230 e. The van der Waals surface area contributed by atoms with Crippen molar-refractivity contribution in [2.24, 2.45) is 20.0 Å². The van der Waals surface area contributed by atoms with Crippen LogP contribution < -0.4 is 10.6 Å². The van der Waals surface area contributed by atoms with Gasteiger partial charge >= 0.3 is 0 Å². The number of amides is 1.